The van der Waals surface area contributed by atoms with E-state index in [0.29, 0.717) is 11.8 Å². The Bertz CT molecular complexity index is 344. The maximum absolute atomic E-state index is 11.7. The molecular formula is C13H24N2O4. The Kier molecular flexibility index (Phi) is 5.17. The van der Waals surface area contributed by atoms with Gasteiger partial charge in [-0.1, -0.05) is 13.8 Å². The van der Waals surface area contributed by atoms with E-state index in [-0.39, 0.29) is 18.6 Å². The van der Waals surface area contributed by atoms with Crippen LogP contribution in [0.2, 0.25) is 0 Å². The van der Waals surface area contributed by atoms with E-state index in [1.54, 1.807) is 0 Å². The standard InChI is InChI=1S/C13H24N2O4/c1-8-4-5-10(9(8)2)15-12(18)14-7-13(3,19)6-11(16)17/h8-10,19H,4-7H2,1-3H3,(H,16,17)(H2,14,15,18). The molecule has 2 amide bonds. The highest BCUT2D eigenvalue weighted by molar-refractivity contribution is 5.74. The van der Waals surface area contributed by atoms with Crippen molar-refractivity contribution in [2.75, 3.05) is 6.54 Å². The molecule has 0 bridgehead atoms. The topological polar surface area (TPSA) is 98.7 Å². The Labute approximate surface area is 113 Å². The molecule has 0 aromatic rings. The maximum atomic E-state index is 11.7. The molecule has 19 heavy (non-hydrogen) atoms. The van der Waals surface area contributed by atoms with Crippen molar-refractivity contribution in [3.63, 3.8) is 0 Å². The number of carbonyl (C=O) groups is 2. The van der Waals surface area contributed by atoms with Crippen molar-refractivity contribution in [2.24, 2.45) is 11.8 Å². The molecule has 1 saturated carbocycles. The summed E-state index contributed by atoms with van der Waals surface area (Å²) in [4.78, 5) is 22.2. The maximum Gasteiger partial charge on any atom is 0.315 e. The summed E-state index contributed by atoms with van der Waals surface area (Å²) < 4.78 is 0. The Morgan fingerprint density at radius 2 is 1.95 bits per heavy atom. The Balaban J connectivity index is 2.34. The lowest BCUT2D eigenvalue weighted by Crippen LogP contribution is -2.49. The second-order valence-electron chi connectivity index (χ2n) is 5.91. The zero-order valence-electron chi connectivity index (χ0n) is 11.8. The number of aliphatic hydroxyl groups is 1. The van der Waals surface area contributed by atoms with Crippen LogP contribution in [-0.4, -0.2) is 40.4 Å². The van der Waals surface area contributed by atoms with Crippen molar-refractivity contribution in [3.05, 3.63) is 0 Å². The summed E-state index contributed by atoms with van der Waals surface area (Å²) in [7, 11) is 0. The van der Waals surface area contributed by atoms with Crippen LogP contribution < -0.4 is 10.6 Å². The highest BCUT2D eigenvalue weighted by Crippen LogP contribution is 2.30. The van der Waals surface area contributed by atoms with Gasteiger partial charge in [0.25, 0.3) is 0 Å². The Morgan fingerprint density at radius 1 is 1.32 bits per heavy atom. The molecule has 0 spiro atoms. The molecule has 1 rings (SSSR count). The van der Waals surface area contributed by atoms with Crippen LogP contribution in [0.5, 0.6) is 0 Å². The van der Waals surface area contributed by atoms with Gasteiger partial charge < -0.3 is 20.8 Å². The molecule has 1 aliphatic carbocycles. The molecule has 0 radical (unpaired) electrons. The molecule has 1 aliphatic rings. The number of carboxylic acid groups (broad SMARTS) is 1. The highest BCUT2D eigenvalue weighted by atomic mass is 16.4. The van der Waals surface area contributed by atoms with E-state index in [9.17, 15) is 14.7 Å². The largest absolute Gasteiger partial charge is 0.481 e. The molecule has 4 N–H and O–H groups in total. The van der Waals surface area contributed by atoms with E-state index in [4.69, 9.17) is 5.11 Å². The van der Waals surface area contributed by atoms with Gasteiger partial charge in [0.1, 0.15) is 0 Å². The number of hydrogen-bond acceptors (Lipinski definition) is 3. The highest BCUT2D eigenvalue weighted by Gasteiger charge is 2.31. The molecule has 0 heterocycles. The van der Waals surface area contributed by atoms with Crippen LogP contribution in [0.4, 0.5) is 4.79 Å². The van der Waals surface area contributed by atoms with Crippen LogP contribution in [0.15, 0.2) is 0 Å². The number of rotatable bonds is 5. The number of nitrogens with one attached hydrogen (secondary N) is 2. The molecule has 1 fully saturated rings. The van der Waals surface area contributed by atoms with Crippen LogP contribution in [0.3, 0.4) is 0 Å². The number of hydrogen-bond donors (Lipinski definition) is 4. The Morgan fingerprint density at radius 3 is 2.42 bits per heavy atom. The van der Waals surface area contributed by atoms with Gasteiger partial charge in [0.2, 0.25) is 0 Å². The van der Waals surface area contributed by atoms with Gasteiger partial charge in [-0.15, -0.1) is 0 Å². The summed E-state index contributed by atoms with van der Waals surface area (Å²) in [5, 5.41) is 23.8. The second-order valence-corrected chi connectivity index (χ2v) is 5.91. The fraction of sp³-hybridized carbons (Fsp3) is 0.846. The van der Waals surface area contributed by atoms with Gasteiger partial charge in [-0.05, 0) is 31.6 Å². The zero-order valence-corrected chi connectivity index (χ0v) is 11.8. The predicted molar refractivity (Wildman–Crippen MR) is 70.8 cm³/mol. The average Bonchev–Trinajstić information content (AvgIpc) is 2.57. The number of carbonyl (C=O) groups excluding carboxylic acids is 1. The quantitative estimate of drug-likeness (QED) is 0.598. The summed E-state index contributed by atoms with van der Waals surface area (Å²) in [5.74, 6) is -0.0591. The normalized spacial score (nSPS) is 29.6. The lowest BCUT2D eigenvalue weighted by atomic mass is 9.98. The molecule has 4 atom stereocenters. The van der Waals surface area contributed by atoms with Gasteiger partial charge in [0.05, 0.1) is 12.0 Å². The van der Waals surface area contributed by atoms with Gasteiger partial charge in [-0.2, -0.15) is 0 Å². The first-order chi connectivity index (χ1) is 8.71. The van der Waals surface area contributed by atoms with Crippen LogP contribution in [0, 0.1) is 11.8 Å². The minimum absolute atomic E-state index is 0.0816. The second kappa shape index (κ2) is 6.23. The third-order valence-corrected chi connectivity index (χ3v) is 3.94. The molecule has 6 heteroatoms. The summed E-state index contributed by atoms with van der Waals surface area (Å²) >= 11 is 0. The third-order valence-electron chi connectivity index (χ3n) is 3.94. The number of carboxylic acids is 1. The fourth-order valence-electron chi connectivity index (χ4n) is 2.45. The van der Waals surface area contributed by atoms with Gasteiger partial charge >= 0.3 is 12.0 Å². The van der Waals surface area contributed by atoms with Gasteiger partial charge in [-0.25, -0.2) is 4.79 Å². The molecule has 0 aliphatic heterocycles. The van der Waals surface area contributed by atoms with Crippen LogP contribution in [-0.2, 0) is 4.79 Å². The van der Waals surface area contributed by atoms with Gasteiger partial charge in [0.15, 0.2) is 0 Å². The van der Waals surface area contributed by atoms with Crippen molar-refractivity contribution in [1.82, 2.24) is 10.6 Å². The van der Waals surface area contributed by atoms with Crippen molar-refractivity contribution in [3.8, 4) is 0 Å². The van der Waals surface area contributed by atoms with Crippen LogP contribution in [0.1, 0.15) is 40.0 Å². The van der Waals surface area contributed by atoms with E-state index in [1.165, 1.54) is 6.92 Å². The third kappa shape index (κ3) is 5.06. The summed E-state index contributed by atoms with van der Waals surface area (Å²) in [6.45, 7) is 5.59. The minimum atomic E-state index is -1.43. The first-order valence-corrected chi connectivity index (χ1v) is 6.70. The van der Waals surface area contributed by atoms with Gasteiger partial charge in [0, 0.05) is 12.6 Å². The summed E-state index contributed by atoms with van der Waals surface area (Å²) in [5.41, 5.74) is -1.43. The van der Waals surface area contributed by atoms with Crippen molar-refractivity contribution >= 4 is 12.0 Å². The van der Waals surface area contributed by atoms with E-state index in [0.717, 1.165) is 12.8 Å². The zero-order chi connectivity index (χ0) is 14.6. The van der Waals surface area contributed by atoms with Crippen LogP contribution >= 0.6 is 0 Å². The molecule has 0 aromatic carbocycles. The summed E-state index contributed by atoms with van der Waals surface area (Å²) in [6, 6.07) is -0.198. The molecule has 0 saturated heterocycles. The Hall–Kier alpha value is -1.30. The molecule has 0 aromatic heterocycles. The fourth-order valence-corrected chi connectivity index (χ4v) is 2.45. The number of aliphatic carboxylic acids is 1. The molecular weight excluding hydrogens is 248 g/mol. The first kappa shape index (κ1) is 15.8. The van der Waals surface area contributed by atoms with Crippen LogP contribution in [0.25, 0.3) is 0 Å². The molecule has 6 nitrogen and oxygen atoms in total. The van der Waals surface area contributed by atoms with E-state index in [1.807, 2.05) is 0 Å². The van der Waals surface area contributed by atoms with Gasteiger partial charge in [-0.3, -0.25) is 4.79 Å². The minimum Gasteiger partial charge on any atom is -0.481 e. The first-order valence-electron chi connectivity index (χ1n) is 6.70. The summed E-state index contributed by atoms with van der Waals surface area (Å²) in [6.07, 6.45) is 1.66. The smallest absolute Gasteiger partial charge is 0.315 e. The number of amides is 2. The van der Waals surface area contributed by atoms with E-state index >= 15 is 0 Å². The molecule has 4 unspecified atom stereocenters. The van der Waals surface area contributed by atoms with Crippen molar-refractivity contribution in [1.29, 1.82) is 0 Å². The average molecular weight is 272 g/mol. The van der Waals surface area contributed by atoms with Crippen molar-refractivity contribution < 1.29 is 19.8 Å². The van der Waals surface area contributed by atoms with Crippen molar-refractivity contribution in [2.45, 2.75) is 51.7 Å². The van der Waals surface area contributed by atoms with E-state index < -0.39 is 18.0 Å². The lowest BCUT2D eigenvalue weighted by molar-refractivity contribution is -0.141. The van der Waals surface area contributed by atoms with E-state index in [2.05, 4.69) is 24.5 Å². The monoisotopic (exact) mass is 272 g/mol. The predicted octanol–water partition coefficient (Wildman–Crippen LogP) is 0.946. The molecule has 110 valence electrons. The SMILES string of the molecule is CC1CCC(NC(=O)NCC(C)(O)CC(=O)O)C1C. The number of urea groups is 1. The lowest BCUT2D eigenvalue weighted by Gasteiger charge is -2.24.